The molecule has 26 heavy (non-hydrogen) atoms. The van der Waals surface area contributed by atoms with Gasteiger partial charge in [-0.1, -0.05) is 28.1 Å². The number of aliphatic hydroxyl groups is 1. The molecule has 1 aliphatic carbocycles. The van der Waals surface area contributed by atoms with Crippen LogP contribution >= 0.6 is 39.9 Å². The van der Waals surface area contributed by atoms with Crippen molar-refractivity contribution >= 4 is 45.9 Å². The Hall–Kier alpha value is -0.380. The Morgan fingerprint density at radius 2 is 2.04 bits per heavy atom. The lowest BCUT2D eigenvalue weighted by molar-refractivity contribution is 0.127. The quantitative estimate of drug-likeness (QED) is 0.284. The van der Waals surface area contributed by atoms with Gasteiger partial charge < -0.3 is 20.5 Å². The van der Waals surface area contributed by atoms with Crippen LogP contribution < -0.4 is 10.6 Å². The molecule has 1 aromatic carbocycles. The lowest BCUT2D eigenvalue weighted by atomic mass is 9.84. The average Bonchev–Trinajstić information content (AvgIpc) is 3.27. The number of benzene rings is 1. The van der Waals surface area contributed by atoms with E-state index in [0.717, 1.165) is 43.0 Å². The van der Waals surface area contributed by atoms with Gasteiger partial charge in [0, 0.05) is 48.7 Å². The Balaban J connectivity index is 0.00000243. The highest BCUT2D eigenvalue weighted by Gasteiger charge is 2.44. The second-order valence-electron chi connectivity index (χ2n) is 7.35. The third-order valence-electron chi connectivity index (χ3n) is 5.57. The zero-order valence-corrected chi connectivity index (χ0v) is 19.2. The molecule has 1 unspecified atom stereocenters. The first-order valence-corrected chi connectivity index (χ1v) is 9.80. The van der Waals surface area contributed by atoms with E-state index in [9.17, 15) is 5.11 Å². The monoisotopic (exact) mass is 537 g/mol. The summed E-state index contributed by atoms with van der Waals surface area (Å²) >= 11 is 3.57. The zero-order chi connectivity index (χ0) is 17.8. The molecule has 0 aromatic heterocycles. The molecule has 0 amide bonds. The number of halogens is 2. The maximum Gasteiger partial charge on any atom is 0.191 e. The normalized spacial score (nSPS) is 24.0. The minimum absolute atomic E-state index is 0. The van der Waals surface area contributed by atoms with Gasteiger partial charge in [-0.15, -0.1) is 24.0 Å². The molecule has 1 saturated heterocycles. The largest absolute Gasteiger partial charge is 0.396 e. The maximum atomic E-state index is 9.35. The van der Waals surface area contributed by atoms with Gasteiger partial charge >= 0.3 is 0 Å². The Labute approximate surface area is 181 Å². The number of guanidine groups is 1. The van der Waals surface area contributed by atoms with E-state index in [1.807, 2.05) is 0 Å². The van der Waals surface area contributed by atoms with Gasteiger partial charge in [0.1, 0.15) is 0 Å². The Bertz CT molecular complexity index is 617. The molecule has 146 valence electrons. The summed E-state index contributed by atoms with van der Waals surface area (Å²) in [6, 6.07) is 8.60. The molecule has 3 N–H and O–H groups in total. The Morgan fingerprint density at radius 3 is 2.62 bits per heavy atom. The van der Waals surface area contributed by atoms with E-state index in [1.54, 1.807) is 7.05 Å². The molecular weight excluding hydrogens is 509 g/mol. The molecular formula is C19H29BrIN3O2. The number of aliphatic hydroxyl groups excluding tert-OH is 1. The topological polar surface area (TPSA) is 65.9 Å². The van der Waals surface area contributed by atoms with Crippen molar-refractivity contribution in [3.63, 3.8) is 0 Å². The summed E-state index contributed by atoms with van der Waals surface area (Å²) in [5.41, 5.74) is 1.62. The molecule has 1 saturated carbocycles. The molecule has 0 radical (unpaired) electrons. The van der Waals surface area contributed by atoms with Crippen LogP contribution in [0.25, 0.3) is 0 Å². The third kappa shape index (κ3) is 5.33. The highest BCUT2D eigenvalue weighted by atomic mass is 127. The van der Waals surface area contributed by atoms with Gasteiger partial charge in [-0.25, -0.2) is 0 Å². The fourth-order valence-electron chi connectivity index (χ4n) is 3.59. The van der Waals surface area contributed by atoms with Gasteiger partial charge in [0.2, 0.25) is 0 Å². The van der Waals surface area contributed by atoms with Crippen molar-refractivity contribution in [2.75, 3.05) is 40.0 Å². The summed E-state index contributed by atoms with van der Waals surface area (Å²) in [5.74, 6) is 0.825. The van der Waals surface area contributed by atoms with Crippen molar-refractivity contribution in [3.05, 3.63) is 34.3 Å². The van der Waals surface area contributed by atoms with Crippen LogP contribution in [0.15, 0.2) is 33.7 Å². The fraction of sp³-hybridized carbons (Fsp3) is 0.632. The smallest absolute Gasteiger partial charge is 0.191 e. The van der Waals surface area contributed by atoms with E-state index in [-0.39, 0.29) is 41.4 Å². The van der Waals surface area contributed by atoms with Crippen LogP contribution in [0.2, 0.25) is 0 Å². The van der Waals surface area contributed by atoms with Crippen LogP contribution in [0, 0.1) is 5.41 Å². The van der Waals surface area contributed by atoms with E-state index < -0.39 is 0 Å². The molecule has 3 rings (SSSR count). The lowest BCUT2D eigenvalue weighted by Crippen LogP contribution is -2.46. The summed E-state index contributed by atoms with van der Waals surface area (Å²) in [4.78, 5) is 4.36. The van der Waals surface area contributed by atoms with E-state index in [4.69, 9.17) is 4.74 Å². The number of aliphatic imine (C=N–C) groups is 1. The van der Waals surface area contributed by atoms with Crippen molar-refractivity contribution in [3.8, 4) is 0 Å². The van der Waals surface area contributed by atoms with Crippen molar-refractivity contribution in [1.29, 1.82) is 0 Å². The molecule has 1 atom stereocenters. The van der Waals surface area contributed by atoms with Crippen LogP contribution in [0.1, 0.15) is 31.2 Å². The molecule has 1 aliphatic heterocycles. The van der Waals surface area contributed by atoms with E-state index in [0.29, 0.717) is 6.61 Å². The summed E-state index contributed by atoms with van der Waals surface area (Å²) in [5, 5.41) is 16.3. The first kappa shape index (κ1) is 21.9. The summed E-state index contributed by atoms with van der Waals surface area (Å²) in [7, 11) is 1.80. The Morgan fingerprint density at radius 1 is 1.27 bits per heavy atom. The maximum absolute atomic E-state index is 9.35. The zero-order valence-electron chi connectivity index (χ0n) is 15.3. The lowest BCUT2D eigenvalue weighted by Gasteiger charge is -2.28. The van der Waals surface area contributed by atoms with Crippen LogP contribution in [-0.2, 0) is 10.2 Å². The molecule has 2 fully saturated rings. The van der Waals surface area contributed by atoms with Crippen LogP contribution in [0.3, 0.4) is 0 Å². The second kappa shape index (κ2) is 9.71. The second-order valence-corrected chi connectivity index (χ2v) is 8.26. The van der Waals surface area contributed by atoms with E-state index >= 15 is 0 Å². The molecule has 5 nitrogen and oxygen atoms in total. The molecule has 1 aromatic rings. The van der Waals surface area contributed by atoms with Crippen LogP contribution in [0.5, 0.6) is 0 Å². The van der Waals surface area contributed by atoms with E-state index in [1.165, 1.54) is 18.4 Å². The molecule has 0 spiro atoms. The third-order valence-corrected chi connectivity index (χ3v) is 6.06. The number of hydrogen-bond acceptors (Lipinski definition) is 3. The van der Waals surface area contributed by atoms with Crippen molar-refractivity contribution < 1.29 is 9.84 Å². The van der Waals surface area contributed by atoms with Gasteiger partial charge in [0.05, 0.1) is 6.61 Å². The predicted octanol–water partition coefficient (Wildman–Crippen LogP) is 3.05. The summed E-state index contributed by atoms with van der Waals surface area (Å²) in [6.07, 6.45) is 4.16. The highest BCUT2D eigenvalue weighted by molar-refractivity contribution is 14.0. The van der Waals surface area contributed by atoms with Gasteiger partial charge in [-0.3, -0.25) is 4.99 Å². The molecule has 0 bridgehead atoms. The van der Waals surface area contributed by atoms with Gasteiger partial charge in [-0.2, -0.15) is 0 Å². The average molecular weight is 538 g/mol. The summed E-state index contributed by atoms with van der Waals surface area (Å²) < 4.78 is 6.69. The Kier molecular flexibility index (Phi) is 8.18. The highest BCUT2D eigenvalue weighted by Crippen LogP contribution is 2.48. The number of hydrogen-bond donors (Lipinski definition) is 3. The first-order valence-electron chi connectivity index (χ1n) is 9.01. The minimum Gasteiger partial charge on any atom is -0.396 e. The van der Waals surface area contributed by atoms with Gasteiger partial charge in [0.25, 0.3) is 0 Å². The van der Waals surface area contributed by atoms with Gasteiger partial charge in [0.15, 0.2) is 5.96 Å². The molecule has 2 aliphatic rings. The number of nitrogens with zero attached hydrogens (tertiary/aromatic N) is 1. The fourth-order valence-corrected chi connectivity index (χ4v) is 3.99. The number of rotatable bonds is 7. The van der Waals surface area contributed by atoms with Crippen LogP contribution in [-0.4, -0.2) is 51.0 Å². The van der Waals surface area contributed by atoms with Crippen LogP contribution in [0.4, 0.5) is 0 Å². The number of ether oxygens (including phenoxy) is 1. The van der Waals surface area contributed by atoms with Crippen molar-refractivity contribution in [2.45, 2.75) is 31.1 Å². The van der Waals surface area contributed by atoms with Crippen molar-refractivity contribution in [2.24, 2.45) is 10.4 Å². The first-order chi connectivity index (χ1) is 12.1. The summed E-state index contributed by atoms with van der Waals surface area (Å²) in [6.45, 7) is 3.34. The SMILES string of the molecule is CN=C(NCC1(CCO)CCOC1)NCC1(c2cccc(Br)c2)CC1.I. The van der Waals surface area contributed by atoms with E-state index in [2.05, 4.69) is 55.8 Å². The standard InChI is InChI=1S/C19H28BrN3O2.HI/c1-21-17(22-12-18(7-9-24)8-10-25-14-18)23-13-19(5-6-19)15-3-2-4-16(20)11-15;/h2-4,11,24H,5-10,12-14H2,1H3,(H2,21,22,23);1H. The molecule has 7 heteroatoms. The predicted molar refractivity (Wildman–Crippen MR) is 119 cm³/mol. The number of nitrogens with one attached hydrogen (secondary N) is 2. The molecule has 1 heterocycles. The minimum atomic E-state index is 0. The van der Waals surface area contributed by atoms with Crippen molar-refractivity contribution in [1.82, 2.24) is 10.6 Å². The van der Waals surface area contributed by atoms with Gasteiger partial charge in [-0.05, 0) is 43.4 Å².